The molecule has 3 nitrogen and oxygen atoms in total. The molecule has 21 heavy (non-hydrogen) atoms. The molecule has 0 saturated carbocycles. The maximum atomic E-state index is 13.7. The van der Waals surface area contributed by atoms with Crippen LogP contribution in [0.2, 0.25) is 0 Å². The zero-order valence-electron chi connectivity index (χ0n) is 11.3. The molecule has 0 spiro atoms. The molecule has 1 aliphatic rings. The fourth-order valence-electron chi connectivity index (χ4n) is 2.37. The standard InChI is InChI=1S/C14H15F4N2O/c1-13(12(19)21)5-4-10(20-13)6-8-2-3-9(7-11(8)15)14(16,17)18/h2-3,6-7,10,20H,4-5H2,1H3,(H2,19,21)/t10-,13+/m1/s1. The van der Waals surface area contributed by atoms with Gasteiger partial charge >= 0.3 is 6.18 Å². The molecule has 1 radical (unpaired) electrons. The van der Waals surface area contributed by atoms with Gasteiger partial charge in [-0.2, -0.15) is 13.2 Å². The number of nitrogens with one attached hydrogen (secondary N) is 1. The van der Waals surface area contributed by atoms with Crippen LogP contribution < -0.4 is 11.1 Å². The molecule has 115 valence electrons. The minimum absolute atomic E-state index is 0.0641. The van der Waals surface area contributed by atoms with Crippen molar-refractivity contribution in [1.29, 1.82) is 0 Å². The lowest BCUT2D eigenvalue weighted by Crippen LogP contribution is -2.51. The van der Waals surface area contributed by atoms with Gasteiger partial charge in [0.05, 0.1) is 11.1 Å². The van der Waals surface area contributed by atoms with E-state index < -0.39 is 29.0 Å². The number of carbonyl (C=O) groups excluding carboxylic acids is 1. The van der Waals surface area contributed by atoms with Crippen molar-refractivity contribution in [2.75, 3.05) is 0 Å². The van der Waals surface area contributed by atoms with Crippen LogP contribution in [0.25, 0.3) is 0 Å². The summed E-state index contributed by atoms with van der Waals surface area (Å²) in [6.45, 7) is 1.65. The Labute approximate surface area is 119 Å². The smallest absolute Gasteiger partial charge is 0.368 e. The lowest BCUT2D eigenvalue weighted by molar-refractivity contribution is -0.137. The average Bonchev–Trinajstić information content (AvgIpc) is 2.74. The Kier molecular flexibility index (Phi) is 3.97. The fourth-order valence-corrected chi connectivity index (χ4v) is 2.37. The van der Waals surface area contributed by atoms with E-state index >= 15 is 0 Å². The Morgan fingerprint density at radius 3 is 2.62 bits per heavy atom. The third kappa shape index (κ3) is 3.34. The van der Waals surface area contributed by atoms with Crippen LogP contribution >= 0.6 is 0 Å². The molecule has 3 N–H and O–H groups in total. The van der Waals surface area contributed by atoms with Gasteiger partial charge in [0.25, 0.3) is 0 Å². The fraction of sp³-hybridized carbons (Fsp3) is 0.429. The average molecular weight is 303 g/mol. The topological polar surface area (TPSA) is 55.1 Å². The Hall–Kier alpha value is -1.63. The number of benzene rings is 1. The van der Waals surface area contributed by atoms with Crippen LogP contribution in [0.1, 0.15) is 30.9 Å². The minimum Gasteiger partial charge on any atom is -0.368 e. The van der Waals surface area contributed by atoms with E-state index in [-0.39, 0.29) is 11.6 Å². The van der Waals surface area contributed by atoms with Gasteiger partial charge in [0.2, 0.25) is 5.91 Å². The van der Waals surface area contributed by atoms with Crippen LogP contribution in [0.5, 0.6) is 0 Å². The van der Waals surface area contributed by atoms with Gasteiger partial charge in [-0.1, -0.05) is 6.07 Å². The lowest BCUT2D eigenvalue weighted by Gasteiger charge is -2.22. The van der Waals surface area contributed by atoms with E-state index in [0.29, 0.717) is 18.9 Å². The number of carbonyl (C=O) groups is 1. The number of alkyl halides is 3. The largest absolute Gasteiger partial charge is 0.416 e. The van der Waals surface area contributed by atoms with Crippen LogP contribution in [0.3, 0.4) is 0 Å². The van der Waals surface area contributed by atoms with Gasteiger partial charge < -0.3 is 11.1 Å². The van der Waals surface area contributed by atoms with Crippen molar-refractivity contribution < 1.29 is 22.4 Å². The van der Waals surface area contributed by atoms with Gasteiger partial charge in [-0.05, 0) is 37.5 Å². The third-order valence-corrected chi connectivity index (χ3v) is 3.71. The van der Waals surface area contributed by atoms with Crippen molar-refractivity contribution >= 4 is 5.91 Å². The Morgan fingerprint density at radius 1 is 1.48 bits per heavy atom. The molecule has 1 aliphatic heterocycles. The van der Waals surface area contributed by atoms with Gasteiger partial charge in [0.15, 0.2) is 0 Å². The molecule has 1 saturated heterocycles. The van der Waals surface area contributed by atoms with Gasteiger partial charge in [-0.25, -0.2) is 4.39 Å². The summed E-state index contributed by atoms with van der Waals surface area (Å²) in [5.74, 6) is -1.45. The predicted octanol–water partition coefficient (Wildman–Crippen LogP) is 2.39. The van der Waals surface area contributed by atoms with E-state index in [2.05, 4.69) is 5.32 Å². The van der Waals surface area contributed by atoms with Crippen LogP contribution in [0, 0.1) is 12.2 Å². The third-order valence-electron chi connectivity index (χ3n) is 3.71. The van der Waals surface area contributed by atoms with Gasteiger partial charge in [0.1, 0.15) is 5.82 Å². The number of hydrogen-bond donors (Lipinski definition) is 2. The van der Waals surface area contributed by atoms with Crippen LogP contribution in [0.4, 0.5) is 17.6 Å². The van der Waals surface area contributed by atoms with Gasteiger partial charge in [-0.3, -0.25) is 4.79 Å². The highest BCUT2D eigenvalue weighted by Gasteiger charge is 2.39. The van der Waals surface area contributed by atoms with Gasteiger partial charge in [-0.15, -0.1) is 0 Å². The number of primary amides is 1. The maximum Gasteiger partial charge on any atom is 0.416 e. The van der Waals surface area contributed by atoms with E-state index in [0.717, 1.165) is 12.1 Å². The molecule has 1 fully saturated rings. The summed E-state index contributed by atoms with van der Waals surface area (Å²) >= 11 is 0. The second-order valence-corrected chi connectivity index (χ2v) is 5.39. The molecule has 0 unspecified atom stereocenters. The van der Waals surface area contributed by atoms with Crippen molar-refractivity contribution in [1.82, 2.24) is 5.32 Å². The van der Waals surface area contributed by atoms with Crippen LogP contribution in [-0.2, 0) is 11.0 Å². The SMILES string of the molecule is C[C@@]1(C(N)=O)CC[C@H]([CH]c2ccc(C(F)(F)F)cc2F)N1. The summed E-state index contributed by atoms with van der Waals surface area (Å²) in [6, 6.07) is 2.07. The van der Waals surface area contributed by atoms with E-state index in [1.54, 1.807) is 6.92 Å². The first-order chi connectivity index (χ1) is 9.62. The van der Waals surface area contributed by atoms with Crippen LogP contribution in [-0.4, -0.2) is 17.5 Å². The summed E-state index contributed by atoms with van der Waals surface area (Å²) in [5.41, 5.74) is 3.43. The Balaban J connectivity index is 2.10. The summed E-state index contributed by atoms with van der Waals surface area (Å²) < 4.78 is 51.1. The van der Waals surface area contributed by atoms with Crippen molar-refractivity contribution in [2.24, 2.45) is 5.73 Å². The number of halogens is 4. The van der Waals surface area contributed by atoms with Crippen LogP contribution in [0.15, 0.2) is 18.2 Å². The van der Waals surface area contributed by atoms with E-state index in [1.807, 2.05) is 0 Å². The Bertz CT molecular complexity index is 558. The Morgan fingerprint density at radius 2 is 2.14 bits per heavy atom. The zero-order valence-corrected chi connectivity index (χ0v) is 11.3. The predicted molar refractivity (Wildman–Crippen MR) is 68.6 cm³/mol. The zero-order chi connectivity index (χ0) is 15.8. The molecule has 1 aromatic carbocycles. The van der Waals surface area contributed by atoms with E-state index in [1.165, 1.54) is 6.42 Å². The number of nitrogens with two attached hydrogens (primary N) is 1. The highest BCUT2D eigenvalue weighted by Crippen LogP contribution is 2.32. The summed E-state index contributed by atoms with van der Waals surface area (Å²) in [6.07, 6.45) is -2.05. The molecule has 2 rings (SSSR count). The molecule has 1 aromatic rings. The first-order valence-corrected chi connectivity index (χ1v) is 6.41. The molecule has 1 heterocycles. The van der Waals surface area contributed by atoms with Gasteiger partial charge in [0, 0.05) is 12.5 Å². The molecule has 0 aliphatic carbocycles. The second-order valence-electron chi connectivity index (χ2n) is 5.39. The molecule has 2 atom stereocenters. The first-order valence-electron chi connectivity index (χ1n) is 6.41. The molecule has 1 amide bonds. The van der Waals surface area contributed by atoms with Crippen molar-refractivity contribution in [3.63, 3.8) is 0 Å². The maximum absolute atomic E-state index is 13.7. The molecule has 0 bridgehead atoms. The van der Waals surface area contributed by atoms with E-state index in [4.69, 9.17) is 5.73 Å². The monoisotopic (exact) mass is 303 g/mol. The minimum atomic E-state index is -4.57. The van der Waals surface area contributed by atoms with Crippen molar-refractivity contribution in [3.8, 4) is 0 Å². The summed E-state index contributed by atoms with van der Waals surface area (Å²) in [4.78, 5) is 11.3. The highest BCUT2D eigenvalue weighted by molar-refractivity contribution is 5.84. The quantitative estimate of drug-likeness (QED) is 0.843. The van der Waals surface area contributed by atoms with Crippen molar-refractivity contribution in [2.45, 2.75) is 37.5 Å². The molecular weight excluding hydrogens is 288 g/mol. The summed E-state index contributed by atoms with van der Waals surface area (Å²) in [5, 5.41) is 2.97. The molecule has 0 aromatic heterocycles. The normalized spacial score (nSPS) is 26.0. The molecular formula is C14H15F4N2O. The first kappa shape index (κ1) is 15.8. The number of hydrogen-bond acceptors (Lipinski definition) is 2. The van der Waals surface area contributed by atoms with Crippen molar-refractivity contribution in [3.05, 3.63) is 41.6 Å². The lowest BCUT2D eigenvalue weighted by atomic mass is 9.99. The number of amides is 1. The van der Waals surface area contributed by atoms with E-state index in [9.17, 15) is 22.4 Å². The second kappa shape index (κ2) is 5.29. The number of rotatable bonds is 3. The molecule has 7 heteroatoms. The highest BCUT2D eigenvalue weighted by atomic mass is 19.4. The summed E-state index contributed by atoms with van der Waals surface area (Å²) in [7, 11) is 0.